The molecule has 1 aliphatic carbocycles. The normalized spacial score (nSPS) is 21.6. The number of phenolic OH excluding ortho intramolecular Hbond substituents is 1. The van der Waals surface area contributed by atoms with Gasteiger partial charge in [-0.15, -0.1) is 0 Å². The first-order chi connectivity index (χ1) is 9.58. The fraction of sp³-hybridized carbons (Fsp3) is 0.467. The highest BCUT2D eigenvalue weighted by Crippen LogP contribution is 2.31. The van der Waals surface area contributed by atoms with Crippen LogP contribution in [0.25, 0.3) is 0 Å². The maximum absolute atomic E-state index is 12.0. The van der Waals surface area contributed by atoms with E-state index in [4.69, 9.17) is 10.2 Å². The zero-order valence-electron chi connectivity index (χ0n) is 11.2. The molecule has 0 aliphatic heterocycles. The number of benzene rings is 1. The number of nitrogens with one attached hydrogen (secondary N) is 1. The lowest BCUT2D eigenvalue weighted by Gasteiger charge is -2.15. The Morgan fingerprint density at radius 3 is 2.45 bits per heavy atom. The smallest absolute Gasteiger partial charge is 0.307 e. The molecular formula is C15H19NO4. The number of aromatic hydroxyl groups is 1. The Balaban J connectivity index is 1.80. The molecule has 2 rings (SSSR count). The quantitative estimate of drug-likeness (QED) is 0.762. The van der Waals surface area contributed by atoms with Crippen molar-refractivity contribution in [3.8, 4) is 5.75 Å². The number of carbonyl (C=O) groups is 2. The lowest BCUT2D eigenvalue weighted by Crippen LogP contribution is -2.36. The van der Waals surface area contributed by atoms with Gasteiger partial charge in [0.25, 0.3) is 0 Å². The minimum Gasteiger partial charge on any atom is -0.508 e. The van der Waals surface area contributed by atoms with Crippen molar-refractivity contribution in [3.05, 3.63) is 29.8 Å². The van der Waals surface area contributed by atoms with Crippen LogP contribution in [0.15, 0.2) is 24.3 Å². The number of rotatable bonds is 5. The minimum absolute atomic E-state index is 0.159. The third-order valence-electron chi connectivity index (χ3n) is 3.82. The van der Waals surface area contributed by atoms with Gasteiger partial charge in [0.05, 0.1) is 11.8 Å². The van der Waals surface area contributed by atoms with Crippen molar-refractivity contribution < 1.29 is 19.8 Å². The van der Waals surface area contributed by atoms with Gasteiger partial charge in [-0.2, -0.15) is 0 Å². The molecular weight excluding hydrogens is 258 g/mol. The highest BCUT2D eigenvalue weighted by Gasteiger charge is 2.37. The van der Waals surface area contributed by atoms with Gasteiger partial charge in [-0.3, -0.25) is 9.59 Å². The zero-order chi connectivity index (χ0) is 14.5. The molecule has 0 bridgehead atoms. The largest absolute Gasteiger partial charge is 0.508 e. The SMILES string of the molecule is O=C(O)C1CCCC1C(=O)NCCc1ccc(O)cc1. The molecule has 1 amide bonds. The average Bonchev–Trinajstić information content (AvgIpc) is 2.90. The molecule has 2 unspecified atom stereocenters. The van der Waals surface area contributed by atoms with Crippen molar-refractivity contribution in [2.75, 3.05) is 6.54 Å². The molecule has 0 aromatic heterocycles. The Labute approximate surface area is 117 Å². The van der Waals surface area contributed by atoms with Crippen molar-refractivity contribution >= 4 is 11.9 Å². The summed E-state index contributed by atoms with van der Waals surface area (Å²) in [4.78, 5) is 23.0. The summed E-state index contributed by atoms with van der Waals surface area (Å²) in [5, 5.41) is 21.0. The summed E-state index contributed by atoms with van der Waals surface area (Å²) >= 11 is 0. The van der Waals surface area contributed by atoms with E-state index < -0.39 is 17.8 Å². The number of hydrogen-bond donors (Lipinski definition) is 3. The van der Waals surface area contributed by atoms with Gasteiger partial charge in [0, 0.05) is 6.54 Å². The Hall–Kier alpha value is -2.04. The molecule has 2 atom stereocenters. The Morgan fingerprint density at radius 1 is 1.15 bits per heavy atom. The monoisotopic (exact) mass is 277 g/mol. The third-order valence-corrected chi connectivity index (χ3v) is 3.82. The van der Waals surface area contributed by atoms with E-state index in [0.717, 1.165) is 12.0 Å². The van der Waals surface area contributed by atoms with Gasteiger partial charge in [0.15, 0.2) is 0 Å². The van der Waals surface area contributed by atoms with Crippen LogP contribution in [-0.4, -0.2) is 28.6 Å². The molecule has 108 valence electrons. The molecule has 0 saturated heterocycles. The molecule has 0 heterocycles. The molecule has 1 aromatic rings. The lowest BCUT2D eigenvalue weighted by molar-refractivity contribution is -0.146. The molecule has 20 heavy (non-hydrogen) atoms. The summed E-state index contributed by atoms with van der Waals surface area (Å²) in [5.74, 6) is -1.75. The van der Waals surface area contributed by atoms with Crippen molar-refractivity contribution in [3.63, 3.8) is 0 Å². The van der Waals surface area contributed by atoms with Crippen molar-refractivity contribution in [2.45, 2.75) is 25.7 Å². The lowest BCUT2D eigenvalue weighted by atomic mass is 9.95. The molecule has 5 heteroatoms. The Morgan fingerprint density at radius 2 is 1.80 bits per heavy atom. The third kappa shape index (κ3) is 3.50. The van der Waals surface area contributed by atoms with E-state index in [1.165, 1.54) is 0 Å². The van der Waals surface area contributed by atoms with Crippen LogP contribution in [0.2, 0.25) is 0 Å². The molecule has 1 aromatic carbocycles. The first-order valence-electron chi connectivity index (χ1n) is 6.86. The Bertz CT molecular complexity index is 483. The van der Waals surface area contributed by atoms with E-state index in [1.807, 2.05) is 0 Å². The molecule has 1 aliphatic rings. The van der Waals surface area contributed by atoms with Crippen LogP contribution in [0, 0.1) is 11.8 Å². The Kier molecular flexibility index (Phi) is 4.61. The summed E-state index contributed by atoms with van der Waals surface area (Å²) in [6, 6.07) is 6.82. The van der Waals surface area contributed by atoms with Crippen molar-refractivity contribution in [2.24, 2.45) is 11.8 Å². The number of carboxylic acid groups (broad SMARTS) is 1. The van der Waals surface area contributed by atoms with Crippen LogP contribution >= 0.6 is 0 Å². The number of amides is 1. The molecule has 3 N–H and O–H groups in total. The van der Waals surface area contributed by atoms with Crippen LogP contribution in [-0.2, 0) is 16.0 Å². The minimum atomic E-state index is -0.874. The van der Waals surface area contributed by atoms with Crippen molar-refractivity contribution in [1.82, 2.24) is 5.32 Å². The van der Waals surface area contributed by atoms with E-state index in [2.05, 4.69) is 5.32 Å². The van der Waals surface area contributed by atoms with Crippen molar-refractivity contribution in [1.29, 1.82) is 0 Å². The maximum atomic E-state index is 12.0. The fourth-order valence-electron chi connectivity index (χ4n) is 2.69. The summed E-state index contributed by atoms with van der Waals surface area (Å²) < 4.78 is 0. The fourth-order valence-corrected chi connectivity index (χ4v) is 2.69. The number of carboxylic acids is 1. The van der Waals surface area contributed by atoms with Gasteiger partial charge < -0.3 is 15.5 Å². The summed E-state index contributed by atoms with van der Waals surface area (Å²) in [6.07, 6.45) is 2.71. The summed E-state index contributed by atoms with van der Waals surface area (Å²) in [6.45, 7) is 0.479. The van der Waals surface area contributed by atoms with E-state index >= 15 is 0 Å². The maximum Gasteiger partial charge on any atom is 0.307 e. The van der Waals surface area contributed by atoms with Gasteiger partial charge in [-0.05, 0) is 37.0 Å². The van der Waals surface area contributed by atoms with Crippen LogP contribution in [0.4, 0.5) is 0 Å². The second-order valence-corrected chi connectivity index (χ2v) is 5.19. The van der Waals surface area contributed by atoms with Gasteiger partial charge in [0.1, 0.15) is 5.75 Å². The van der Waals surface area contributed by atoms with E-state index in [1.54, 1.807) is 24.3 Å². The molecule has 5 nitrogen and oxygen atoms in total. The predicted octanol–water partition coefficient (Wildman–Crippen LogP) is 1.55. The highest BCUT2D eigenvalue weighted by atomic mass is 16.4. The molecule has 1 fully saturated rings. The molecule has 1 saturated carbocycles. The molecule has 0 spiro atoms. The van der Waals surface area contributed by atoms with Gasteiger partial charge in [0.2, 0.25) is 5.91 Å². The standard InChI is InChI=1S/C15H19NO4/c17-11-6-4-10(5-7-11)8-9-16-14(18)12-2-1-3-13(12)15(19)20/h4-7,12-13,17H,1-3,8-9H2,(H,16,18)(H,19,20). The van der Waals surface area contributed by atoms with Gasteiger partial charge >= 0.3 is 5.97 Å². The first kappa shape index (κ1) is 14.4. The van der Waals surface area contributed by atoms with E-state index in [0.29, 0.717) is 25.8 Å². The zero-order valence-corrected chi connectivity index (χ0v) is 11.2. The number of carbonyl (C=O) groups excluding carboxylic acids is 1. The van der Waals surface area contributed by atoms with Crippen LogP contribution in [0.1, 0.15) is 24.8 Å². The van der Waals surface area contributed by atoms with E-state index in [-0.39, 0.29) is 11.7 Å². The first-order valence-corrected chi connectivity index (χ1v) is 6.86. The predicted molar refractivity (Wildman–Crippen MR) is 73.3 cm³/mol. The molecule has 0 radical (unpaired) electrons. The number of phenols is 1. The second-order valence-electron chi connectivity index (χ2n) is 5.19. The second kappa shape index (κ2) is 6.41. The van der Waals surface area contributed by atoms with Crippen LogP contribution < -0.4 is 5.32 Å². The summed E-state index contributed by atoms with van der Waals surface area (Å²) in [5.41, 5.74) is 1.02. The summed E-state index contributed by atoms with van der Waals surface area (Å²) in [7, 11) is 0. The average molecular weight is 277 g/mol. The van der Waals surface area contributed by atoms with Crippen LogP contribution in [0.3, 0.4) is 0 Å². The topological polar surface area (TPSA) is 86.6 Å². The van der Waals surface area contributed by atoms with E-state index in [9.17, 15) is 9.59 Å². The number of hydrogen-bond acceptors (Lipinski definition) is 3. The van der Waals surface area contributed by atoms with Crippen LogP contribution in [0.5, 0.6) is 5.75 Å². The van der Waals surface area contributed by atoms with Gasteiger partial charge in [-0.25, -0.2) is 0 Å². The van der Waals surface area contributed by atoms with Gasteiger partial charge in [-0.1, -0.05) is 18.6 Å². The number of aliphatic carboxylic acids is 1. The highest BCUT2D eigenvalue weighted by molar-refractivity contribution is 5.85.